The lowest BCUT2D eigenvalue weighted by Gasteiger charge is -2.05. The Balaban J connectivity index is 3.00. The molecule has 0 unspecified atom stereocenters. The molecule has 80 valence electrons. The van der Waals surface area contributed by atoms with E-state index in [1.807, 2.05) is 0 Å². The van der Waals surface area contributed by atoms with Gasteiger partial charge in [0.25, 0.3) is 0 Å². The van der Waals surface area contributed by atoms with Gasteiger partial charge in [-0.1, -0.05) is 0 Å². The Hall–Kier alpha value is -2.29. The van der Waals surface area contributed by atoms with Gasteiger partial charge in [-0.2, -0.15) is 5.26 Å². The first-order chi connectivity index (χ1) is 7.56. The highest BCUT2D eigenvalue weighted by Crippen LogP contribution is 2.28. The summed E-state index contributed by atoms with van der Waals surface area (Å²) in [6.45, 7) is 0. The third-order valence-electron chi connectivity index (χ3n) is 2.15. The zero-order valence-corrected chi connectivity index (χ0v) is 7.76. The highest BCUT2D eigenvalue weighted by Gasteiger charge is 2.17. The predicted octanol–water partition coefficient (Wildman–Crippen LogP) is 2.11. The van der Waals surface area contributed by atoms with Crippen molar-refractivity contribution >= 4 is 16.6 Å². The second-order valence-corrected chi connectivity index (χ2v) is 3.08. The zero-order valence-electron chi connectivity index (χ0n) is 7.76. The summed E-state index contributed by atoms with van der Waals surface area (Å²) in [7, 11) is 0. The normalized spacial score (nSPS) is 10.4. The largest absolute Gasteiger partial charge is 0.397 e. The van der Waals surface area contributed by atoms with Crippen LogP contribution in [0.1, 0.15) is 5.56 Å². The molecule has 0 saturated heterocycles. The minimum Gasteiger partial charge on any atom is -0.397 e. The van der Waals surface area contributed by atoms with Gasteiger partial charge in [0, 0.05) is 12.3 Å². The minimum atomic E-state index is -1.63. The fourth-order valence-electron chi connectivity index (χ4n) is 1.37. The first-order valence-electron chi connectivity index (χ1n) is 4.18. The predicted molar refractivity (Wildman–Crippen MR) is 50.7 cm³/mol. The molecular formula is C10H4F3N3. The Bertz CT molecular complexity index is 631. The van der Waals surface area contributed by atoms with Crippen molar-refractivity contribution < 1.29 is 13.2 Å². The van der Waals surface area contributed by atoms with Crippen molar-refractivity contribution in [3.63, 3.8) is 0 Å². The second-order valence-electron chi connectivity index (χ2n) is 3.08. The summed E-state index contributed by atoms with van der Waals surface area (Å²) in [6.07, 6.45) is 1.08. The van der Waals surface area contributed by atoms with Crippen LogP contribution in [0.3, 0.4) is 0 Å². The molecule has 3 nitrogen and oxygen atoms in total. The molecule has 0 atom stereocenters. The lowest BCUT2D eigenvalue weighted by molar-refractivity contribution is 0.453. The maximum Gasteiger partial charge on any atom is 0.195 e. The first-order valence-corrected chi connectivity index (χ1v) is 4.18. The number of nitriles is 1. The molecule has 6 heteroatoms. The van der Waals surface area contributed by atoms with Gasteiger partial charge in [-0.15, -0.1) is 0 Å². The number of rotatable bonds is 0. The van der Waals surface area contributed by atoms with Crippen LogP contribution in [0.4, 0.5) is 18.9 Å². The van der Waals surface area contributed by atoms with E-state index in [1.54, 1.807) is 6.07 Å². The van der Waals surface area contributed by atoms with Gasteiger partial charge in [-0.3, -0.25) is 4.98 Å². The Morgan fingerprint density at radius 1 is 1.25 bits per heavy atom. The van der Waals surface area contributed by atoms with Gasteiger partial charge in [0.15, 0.2) is 17.5 Å². The van der Waals surface area contributed by atoms with Crippen molar-refractivity contribution in [3.8, 4) is 6.07 Å². The second kappa shape index (κ2) is 3.38. The van der Waals surface area contributed by atoms with Crippen molar-refractivity contribution in [1.29, 1.82) is 5.26 Å². The van der Waals surface area contributed by atoms with Gasteiger partial charge in [0.05, 0.1) is 22.2 Å². The molecule has 2 aromatic rings. The van der Waals surface area contributed by atoms with Gasteiger partial charge in [0.1, 0.15) is 6.07 Å². The van der Waals surface area contributed by atoms with Gasteiger partial charge in [0.2, 0.25) is 0 Å². The molecule has 0 radical (unpaired) electrons. The van der Waals surface area contributed by atoms with Crippen LogP contribution in [0.5, 0.6) is 0 Å². The highest BCUT2D eigenvalue weighted by molar-refractivity contribution is 5.93. The average Bonchev–Trinajstić information content (AvgIpc) is 2.26. The molecule has 0 saturated carbocycles. The van der Waals surface area contributed by atoms with Crippen LogP contribution in [-0.4, -0.2) is 4.98 Å². The third-order valence-corrected chi connectivity index (χ3v) is 2.15. The molecule has 1 aromatic carbocycles. The molecule has 1 heterocycles. The number of hydrogen-bond donors (Lipinski definition) is 1. The highest BCUT2D eigenvalue weighted by atomic mass is 19.2. The van der Waals surface area contributed by atoms with Gasteiger partial charge < -0.3 is 5.73 Å². The fourth-order valence-corrected chi connectivity index (χ4v) is 1.37. The molecule has 1 aromatic heterocycles. The summed E-state index contributed by atoms with van der Waals surface area (Å²) >= 11 is 0. The smallest absolute Gasteiger partial charge is 0.195 e. The first kappa shape index (κ1) is 10.2. The fraction of sp³-hybridized carbons (Fsp3) is 0. The van der Waals surface area contributed by atoms with Crippen molar-refractivity contribution in [3.05, 3.63) is 35.3 Å². The average molecular weight is 223 g/mol. The molecule has 0 amide bonds. The summed E-state index contributed by atoms with van der Waals surface area (Å²) in [5, 5.41) is 8.26. The maximum absolute atomic E-state index is 13.4. The van der Waals surface area contributed by atoms with Crippen LogP contribution < -0.4 is 5.73 Å². The molecule has 0 bridgehead atoms. The topological polar surface area (TPSA) is 62.7 Å². The number of benzene rings is 1. The number of nitrogen functional groups attached to an aromatic ring is 1. The zero-order chi connectivity index (χ0) is 11.9. The molecular weight excluding hydrogens is 219 g/mol. The lowest BCUT2D eigenvalue weighted by Crippen LogP contribution is -2.00. The van der Waals surface area contributed by atoms with Crippen molar-refractivity contribution in [2.75, 3.05) is 5.73 Å². The molecule has 0 fully saturated rings. The number of fused-ring (bicyclic) bond motifs is 1. The summed E-state index contributed by atoms with van der Waals surface area (Å²) in [5.74, 6) is -4.41. The van der Waals surface area contributed by atoms with Crippen LogP contribution in [0.15, 0.2) is 12.3 Å². The SMILES string of the molecule is N#Cc1cnc2cc(F)c(F)c(F)c2c1N. The minimum absolute atomic E-state index is 0.0857. The Morgan fingerprint density at radius 2 is 1.94 bits per heavy atom. The Morgan fingerprint density at radius 3 is 2.56 bits per heavy atom. The molecule has 16 heavy (non-hydrogen) atoms. The molecule has 0 aliphatic heterocycles. The Labute approximate surface area is 87.9 Å². The van der Waals surface area contributed by atoms with E-state index in [0.29, 0.717) is 0 Å². The van der Waals surface area contributed by atoms with Gasteiger partial charge >= 0.3 is 0 Å². The van der Waals surface area contributed by atoms with Crippen LogP contribution in [0.2, 0.25) is 0 Å². The van der Waals surface area contributed by atoms with Crippen LogP contribution in [0, 0.1) is 28.8 Å². The van der Waals surface area contributed by atoms with Crippen LogP contribution in [-0.2, 0) is 0 Å². The van der Waals surface area contributed by atoms with E-state index in [1.165, 1.54) is 0 Å². The summed E-state index contributed by atoms with van der Waals surface area (Å²) < 4.78 is 39.2. The maximum atomic E-state index is 13.4. The van der Waals surface area contributed by atoms with E-state index in [2.05, 4.69) is 4.98 Å². The van der Waals surface area contributed by atoms with Crippen molar-refractivity contribution in [2.24, 2.45) is 0 Å². The quantitative estimate of drug-likeness (QED) is 0.695. The number of nitrogens with two attached hydrogens (primary N) is 1. The lowest BCUT2D eigenvalue weighted by atomic mass is 10.1. The van der Waals surface area contributed by atoms with Crippen LogP contribution >= 0.6 is 0 Å². The van der Waals surface area contributed by atoms with Crippen LogP contribution in [0.25, 0.3) is 10.9 Å². The van der Waals surface area contributed by atoms with E-state index < -0.39 is 17.5 Å². The van der Waals surface area contributed by atoms with E-state index in [0.717, 1.165) is 12.3 Å². The van der Waals surface area contributed by atoms with Crippen molar-refractivity contribution in [2.45, 2.75) is 0 Å². The van der Waals surface area contributed by atoms with E-state index in [4.69, 9.17) is 11.0 Å². The summed E-state index contributed by atoms with van der Waals surface area (Å²) in [5.41, 5.74) is 4.99. The number of nitrogens with zero attached hydrogens (tertiary/aromatic N) is 2. The van der Waals surface area contributed by atoms with Gasteiger partial charge in [-0.05, 0) is 0 Å². The summed E-state index contributed by atoms with van der Waals surface area (Å²) in [4.78, 5) is 3.63. The number of anilines is 1. The molecule has 0 spiro atoms. The van der Waals surface area contributed by atoms with E-state index in [9.17, 15) is 13.2 Å². The van der Waals surface area contributed by atoms with Gasteiger partial charge in [-0.25, -0.2) is 13.2 Å². The summed E-state index contributed by atoms with van der Waals surface area (Å²) in [6, 6.07) is 2.41. The monoisotopic (exact) mass is 223 g/mol. The van der Waals surface area contributed by atoms with E-state index >= 15 is 0 Å². The number of hydrogen-bond acceptors (Lipinski definition) is 3. The third kappa shape index (κ3) is 1.26. The number of halogens is 3. The number of pyridine rings is 1. The molecule has 2 N–H and O–H groups in total. The van der Waals surface area contributed by atoms with E-state index in [-0.39, 0.29) is 22.2 Å². The standard InChI is InChI=1S/C10H4F3N3/c11-5-1-6-7(9(13)8(5)12)10(15)4(2-14)3-16-6/h1,3H,(H2,15,16). The molecule has 2 rings (SSSR count). The molecule has 0 aliphatic rings. The molecule has 0 aliphatic carbocycles. The number of aromatic nitrogens is 1. The Kier molecular flexibility index (Phi) is 2.16. The van der Waals surface area contributed by atoms with Crippen molar-refractivity contribution in [1.82, 2.24) is 4.98 Å².